The summed E-state index contributed by atoms with van der Waals surface area (Å²) in [6.07, 6.45) is 3.50. The Kier molecular flexibility index (Phi) is 6.31. The first-order chi connectivity index (χ1) is 14.1. The number of pyridine rings is 2. The van der Waals surface area contributed by atoms with E-state index in [1.165, 1.54) is 11.3 Å². The van der Waals surface area contributed by atoms with Crippen molar-refractivity contribution in [3.05, 3.63) is 66.7 Å². The summed E-state index contributed by atoms with van der Waals surface area (Å²) >= 11 is 7.91. The van der Waals surface area contributed by atoms with Crippen molar-refractivity contribution in [2.45, 2.75) is 0 Å². The third-order valence-corrected chi connectivity index (χ3v) is 5.71. The molecule has 0 fully saturated rings. The summed E-state index contributed by atoms with van der Waals surface area (Å²) in [5, 5.41) is 2.24. The molecule has 6 nitrogen and oxygen atoms in total. The van der Waals surface area contributed by atoms with E-state index in [0.29, 0.717) is 11.0 Å². The highest BCUT2D eigenvalue weighted by molar-refractivity contribution is 7.19. The lowest BCUT2D eigenvalue weighted by Gasteiger charge is -2.03. The topological polar surface area (TPSA) is 68.3 Å². The normalized spacial score (nSPS) is 11.2. The molecular weight excluding hydrogens is 404 g/mol. The molecule has 4 aromatic rings. The second-order valence-electron chi connectivity index (χ2n) is 5.78. The molecule has 4 rings (SSSR count). The Bertz CT molecular complexity index is 1190. The standard InChI is InChI=1S/C19H15ClN6S.C2H4/c1-21-17(22-2)14-9-11-6-7-13(24-18(11)26(14)3)15-16(20)25-19(27-15)12-5-4-8-23-10-12;1-2/h4-10H,1H2,2-3H3;1-2H2. The number of hydrogen-bond donors (Lipinski definition) is 0. The lowest BCUT2D eigenvalue weighted by atomic mass is 10.2. The zero-order valence-electron chi connectivity index (χ0n) is 16.1. The van der Waals surface area contributed by atoms with E-state index in [1.807, 2.05) is 41.9 Å². The van der Waals surface area contributed by atoms with Gasteiger partial charge in [0.25, 0.3) is 0 Å². The molecule has 29 heavy (non-hydrogen) atoms. The van der Waals surface area contributed by atoms with E-state index in [1.54, 1.807) is 19.4 Å². The Hall–Kier alpha value is -3.16. The second kappa shape index (κ2) is 8.89. The Balaban J connectivity index is 0.00000117. The highest BCUT2D eigenvalue weighted by atomic mass is 35.5. The Morgan fingerprint density at radius 2 is 2.00 bits per heavy atom. The van der Waals surface area contributed by atoms with Gasteiger partial charge < -0.3 is 4.57 Å². The number of rotatable bonds is 3. The Morgan fingerprint density at radius 1 is 1.21 bits per heavy atom. The van der Waals surface area contributed by atoms with Crippen molar-refractivity contribution >= 4 is 46.5 Å². The fraction of sp³-hybridized carbons (Fsp3) is 0.0952. The van der Waals surface area contributed by atoms with Crippen LogP contribution >= 0.6 is 22.9 Å². The van der Waals surface area contributed by atoms with Gasteiger partial charge in [0.1, 0.15) is 15.8 Å². The molecule has 0 saturated heterocycles. The van der Waals surface area contributed by atoms with E-state index >= 15 is 0 Å². The second-order valence-corrected chi connectivity index (χ2v) is 7.14. The van der Waals surface area contributed by atoms with Crippen LogP contribution in [0.2, 0.25) is 5.15 Å². The molecule has 4 aromatic heterocycles. The number of amidine groups is 1. The molecule has 0 unspecified atom stereocenters. The van der Waals surface area contributed by atoms with Crippen LogP contribution in [-0.4, -0.2) is 39.1 Å². The number of aryl methyl sites for hydroxylation is 1. The van der Waals surface area contributed by atoms with Crippen LogP contribution in [0.25, 0.3) is 32.2 Å². The van der Waals surface area contributed by atoms with Gasteiger partial charge in [0.05, 0.1) is 16.3 Å². The average Bonchev–Trinajstić information content (AvgIpc) is 3.31. The first-order valence-corrected chi connectivity index (χ1v) is 9.79. The molecule has 0 aliphatic carbocycles. The minimum absolute atomic E-state index is 0.434. The fourth-order valence-corrected chi connectivity index (χ4v) is 4.14. The molecule has 146 valence electrons. The predicted molar refractivity (Wildman–Crippen MR) is 123 cm³/mol. The molecule has 4 heterocycles. The van der Waals surface area contributed by atoms with Crippen LogP contribution in [-0.2, 0) is 7.05 Å². The molecule has 0 amide bonds. The van der Waals surface area contributed by atoms with Crippen LogP contribution in [0.4, 0.5) is 0 Å². The summed E-state index contributed by atoms with van der Waals surface area (Å²) in [5.74, 6) is 0.576. The van der Waals surface area contributed by atoms with E-state index in [4.69, 9.17) is 16.6 Å². The zero-order valence-corrected chi connectivity index (χ0v) is 17.7. The van der Waals surface area contributed by atoms with Crippen molar-refractivity contribution in [3.8, 4) is 21.1 Å². The summed E-state index contributed by atoms with van der Waals surface area (Å²) in [4.78, 5) is 22.4. The summed E-state index contributed by atoms with van der Waals surface area (Å²) in [6.45, 7) is 9.58. The molecule has 0 aliphatic heterocycles. The summed E-state index contributed by atoms with van der Waals surface area (Å²) in [7, 11) is 3.62. The maximum absolute atomic E-state index is 6.41. The van der Waals surface area contributed by atoms with Crippen molar-refractivity contribution in [1.82, 2.24) is 19.5 Å². The van der Waals surface area contributed by atoms with Gasteiger partial charge in [-0.1, -0.05) is 11.6 Å². The van der Waals surface area contributed by atoms with Crippen molar-refractivity contribution in [2.24, 2.45) is 17.0 Å². The Labute approximate surface area is 178 Å². The average molecular weight is 423 g/mol. The fourth-order valence-electron chi connectivity index (χ4n) is 2.88. The van der Waals surface area contributed by atoms with Crippen molar-refractivity contribution in [1.29, 1.82) is 0 Å². The highest BCUT2D eigenvalue weighted by Crippen LogP contribution is 2.37. The molecule has 0 bridgehead atoms. The lowest BCUT2D eigenvalue weighted by Crippen LogP contribution is -2.04. The monoisotopic (exact) mass is 422 g/mol. The highest BCUT2D eigenvalue weighted by Gasteiger charge is 2.17. The first kappa shape index (κ1) is 20.6. The minimum Gasteiger partial charge on any atom is -0.326 e. The molecule has 8 heteroatoms. The third-order valence-electron chi connectivity index (χ3n) is 4.19. The number of nitrogens with zero attached hydrogens (tertiary/aromatic N) is 6. The van der Waals surface area contributed by atoms with Crippen LogP contribution in [0.5, 0.6) is 0 Å². The van der Waals surface area contributed by atoms with Crippen LogP contribution in [0.1, 0.15) is 5.69 Å². The van der Waals surface area contributed by atoms with E-state index in [0.717, 1.165) is 37.9 Å². The summed E-state index contributed by atoms with van der Waals surface area (Å²) < 4.78 is 1.95. The van der Waals surface area contributed by atoms with Gasteiger partial charge in [-0.3, -0.25) is 9.98 Å². The van der Waals surface area contributed by atoms with Gasteiger partial charge in [-0.05, 0) is 37.0 Å². The number of halogens is 1. The van der Waals surface area contributed by atoms with Gasteiger partial charge in [-0.2, -0.15) is 0 Å². The number of hydrogen-bond acceptors (Lipinski definition) is 5. The predicted octanol–water partition coefficient (Wildman–Crippen LogP) is 5.29. The smallest absolute Gasteiger partial charge is 0.170 e. The van der Waals surface area contributed by atoms with Crippen molar-refractivity contribution in [2.75, 3.05) is 7.05 Å². The largest absolute Gasteiger partial charge is 0.326 e. The van der Waals surface area contributed by atoms with Crippen LogP contribution in [0.3, 0.4) is 0 Å². The molecular formula is C21H19ClN6S. The molecule has 0 atom stereocenters. The summed E-state index contributed by atoms with van der Waals surface area (Å²) in [6, 6.07) is 9.79. The molecule has 0 N–H and O–H groups in total. The number of thiazole rings is 1. The van der Waals surface area contributed by atoms with Gasteiger partial charge in [0, 0.05) is 37.4 Å². The minimum atomic E-state index is 0.434. The molecule has 0 aliphatic rings. The summed E-state index contributed by atoms with van der Waals surface area (Å²) in [5.41, 5.74) is 3.38. The quantitative estimate of drug-likeness (QED) is 0.256. The van der Waals surface area contributed by atoms with Gasteiger partial charge in [0.2, 0.25) is 0 Å². The first-order valence-electron chi connectivity index (χ1n) is 8.60. The van der Waals surface area contributed by atoms with Crippen LogP contribution < -0.4 is 0 Å². The SMILES string of the molecule is C=C.C=NC(=NC)c1cc2ccc(-c3sc(-c4cccnc4)nc3Cl)nc2n1C. The van der Waals surface area contributed by atoms with Crippen LogP contribution in [0, 0.1) is 0 Å². The van der Waals surface area contributed by atoms with Crippen molar-refractivity contribution < 1.29 is 0 Å². The van der Waals surface area contributed by atoms with E-state index in [9.17, 15) is 0 Å². The zero-order chi connectivity index (χ0) is 21.0. The Morgan fingerprint density at radius 3 is 2.66 bits per heavy atom. The maximum Gasteiger partial charge on any atom is 0.170 e. The maximum atomic E-state index is 6.41. The van der Waals surface area contributed by atoms with Crippen molar-refractivity contribution in [3.63, 3.8) is 0 Å². The van der Waals surface area contributed by atoms with E-state index in [2.05, 4.69) is 39.8 Å². The van der Waals surface area contributed by atoms with E-state index in [-0.39, 0.29) is 0 Å². The van der Waals surface area contributed by atoms with Gasteiger partial charge in [-0.25, -0.2) is 15.0 Å². The van der Waals surface area contributed by atoms with Gasteiger partial charge >= 0.3 is 0 Å². The molecule has 0 aromatic carbocycles. The van der Waals surface area contributed by atoms with Crippen LogP contribution in [0.15, 0.2) is 65.9 Å². The molecule has 0 spiro atoms. The van der Waals surface area contributed by atoms with Gasteiger partial charge in [0.15, 0.2) is 5.84 Å². The third kappa shape index (κ3) is 3.87. The lowest BCUT2D eigenvalue weighted by molar-refractivity contribution is 0.933. The number of aliphatic imine (C=N–C) groups is 2. The molecule has 0 radical (unpaired) electrons. The molecule has 0 saturated carbocycles. The van der Waals surface area contributed by atoms with E-state index < -0.39 is 0 Å². The number of aromatic nitrogens is 4. The van der Waals surface area contributed by atoms with Gasteiger partial charge in [-0.15, -0.1) is 24.5 Å². The number of fused-ring (bicyclic) bond motifs is 1.